The van der Waals surface area contributed by atoms with Gasteiger partial charge in [-0.05, 0) is 18.3 Å². The summed E-state index contributed by atoms with van der Waals surface area (Å²) in [5, 5.41) is 13.6. The Balaban J connectivity index is 2.41. The first-order valence-electron chi connectivity index (χ1n) is 4.86. The van der Waals surface area contributed by atoms with Crippen molar-refractivity contribution in [3.63, 3.8) is 0 Å². The van der Waals surface area contributed by atoms with Gasteiger partial charge in [0.25, 0.3) is 0 Å². The van der Waals surface area contributed by atoms with Gasteiger partial charge in [-0.15, -0.1) is 0 Å². The Labute approximate surface area is 99.3 Å². The second-order valence-electron chi connectivity index (χ2n) is 3.62. The summed E-state index contributed by atoms with van der Waals surface area (Å²) in [7, 11) is 3.81. The van der Waals surface area contributed by atoms with E-state index in [-0.39, 0.29) is 0 Å². The maximum absolute atomic E-state index is 5.20. The van der Waals surface area contributed by atoms with Crippen LogP contribution in [0, 0.1) is 0 Å². The molecule has 16 heavy (non-hydrogen) atoms. The molecule has 0 atom stereocenters. The molecule has 0 saturated carbocycles. The van der Waals surface area contributed by atoms with Crippen LogP contribution in [0.5, 0.6) is 0 Å². The Morgan fingerprint density at radius 2 is 2.00 bits per heavy atom. The van der Waals surface area contributed by atoms with Gasteiger partial charge < -0.3 is 10.2 Å². The third-order valence-corrected chi connectivity index (χ3v) is 2.71. The molecule has 1 heterocycles. The first kappa shape index (κ1) is 10.8. The summed E-state index contributed by atoms with van der Waals surface area (Å²) in [6, 6.07) is 5.93. The van der Waals surface area contributed by atoms with E-state index in [2.05, 4.69) is 15.5 Å². The predicted octanol–water partition coefficient (Wildman–Crippen LogP) is 1.89. The molecular weight excluding hydrogens is 220 g/mol. The second kappa shape index (κ2) is 4.40. The Bertz CT molecular complexity index is 519. The average Bonchev–Trinajstić information content (AvgIpc) is 2.29. The van der Waals surface area contributed by atoms with Gasteiger partial charge in [0, 0.05) is 30.6 Å². The van der Waals surface area contributed by atoms with Crippen LogP contribution in [0.1, 0.15) is 0 Å². The van der Waals surface area contributed by atoms with Crippen LogP contribution < -0.4 is 5.32 Å². The predicted molar refractivity (Wildman–Crippen MR) is 69.4 cm³/mol. The number of nitrogens with one attached hydrogen (secondary N) is 1. The fraction of sp³-hybridized carbons (Fsp3) is 0.182. The summed E-state index contributed by atoms with van der Waals surface area (Å²) < 4.78 is 0. The molecule has 0 bridgehead atoms. The van der Waals surface area contributed by atoms with Gasteiger partial charge in [0.15, 0.2) is 5.11 Å². The zero-order valence-electron chi connectivity index (χ0n) is 9.14. The molecule has 0 spiro atoms. The summed E-state index contributed by atoms with van der Waals surface area (Å²) in [5.74, 6) is 0. The van der Waals surface area contributed by atoms with E-state index in [1.54, 1.807) is 12.4 Å². The zero-order valence-corrected chi connectivity index (χ0v) is 9.95. The minimum Gasteiger partial charge on any atom is -0.355 e. The number of thiocarbonyl (C=S) groups is 1. The summed E-state index contributed by atoms with van der Waals surface area (Å²) in [6.45, 7) is 0. The molecule has 1 aromatic carbocycles. The number of fused-ring (bicyclic) bond motifs is 1. The van der Waals surface area contributed by atoms with Crippen LogP contribution in [0.4, 0.5) is 5.69 Å². The van der Waals surface area contributed by atoms with Gasteiger partial charge in [-0.3, -0.25) is 0 Å². The summed E-state index contributed by atoms with van der Waals surface area (Å²) in [4.78, 5) is 1.85. The SMILES string of the molecule is CN(C)C(=S)Nc1cccc2cnncc12. The largest absolute Gasteiger partial charge is 0.355 e. The molecule has 5 heteroatoms. The van der Waals surface area contributed by atoms with Crippen LogP contribution >= 0.6 is 12.2 Å². The number of aromatic nitrogens is 2. The van der Waals surface area contributed by atoms with Crippen molar-refractivity contribution in [2.75, 3.05) is 19.4 Å². The molecule has 0 amide bonds. The van der Waals surface area contributed by atoms with Crippen molar-refractivity contribution in [2.24, 2.45) is 0 Å². The molecule has 0 aliphatic heterocycles. The molecule has 1 aromatic heterocycles. The highest BCUT2D eigenvalue weighted by Gasteiger charge is 2.03. The first-order chi connectivity index (χ1) is 7.68. The van der Waals surface area contributed by atoms with Crippen LogP contribution in [0.2, 0.25) is 0 Å². The van der Waals surface area contributed by atoms with E-state index in [9.17, 15) is 0 Å². The Morgan fingerprint density at radius 1 is 1.25 bits per heavy atom. The molecule has 0 radical (unpaired) electrons. The monoisotopic (exact) mass is 232 g/mol. The van der Waals surface area contributed by atoms with Crippen LogP contribution in [-0.4, -0.2) is 34.3 Å². The van der Waals surface area contributed by atoms with Crippen molar-refractivity contribution < 1.29 is 0 Å². The minimum absolute atomic E-state index is 0.671. The Kier molecular flexibility index (Phi) is 2.96. The van der Waals surface area contributed by atoms with Crippen molar-refractivity contribution >= 4 is 33.8 Å². The van der Waals surface area contributed by atoms with E-state index >= 15 is 0 Å². The van der Waals surface area contributed by atoms with Crippen molar-refractivity contribution in [1.29, 1.82) is 0 Å². The van der Waals surface area contributed by atoms with Gasteiger partial charge in [-0.2, -0.15) is 10.2 Å². The molecule has 0 saturated heterocycles. The summed E-state index contributed by atoms with van der Waals surface area (Å²) >= 11 is 5.20. The lowest BCUT2D eigenvalue weighted by atomic mass is 10.2. The fourth-order valence-electron chi connectivity index (χ4n) is 1.36. The van der Waals surface area contributed by atoms with E-state index in [1.807, 2.05) is 37.2 Å². The number of benzene rings is 1. The van der Waals surface area contributed by atoms with Gasteiger partial charge in [-0.1, -0.05) is 12.1 Å². The minimum atomic E-state index is 0.671. The molecule has 0 unspecified atom stereocenters. The number of nitrogens with zero attached hydrogens (tertiary/aromatic N) is 3. The van der Waals surface area contributed by atoms with Crippen LogP contribution in [0.3, 0.4) is 0 Å². The highest BCUT2D eigenvalue weighted by Crippen LogP contribution is 2.21. The quantitative estimate of drug-likeness (QED) is 0.760. The lowest BCUT2D eigenvalue weighted by Crippen LogP contribution is -2.27. The van der Waals surface area contributed by atoms with E-state index in [4.69, 9.17) is 12.2 Å². The van der Waals surface area contributed by atoms with Gasteiger partial charge in [-0.25, -0.2) is 0 Å². The topological polar surface area (TPSA) is 41.0 Å². The molecule has 1 N–H and O–H groups in total. The first-order valence-corrected chi connectivity index (χ1v) is 5.27. The van der Waals surface area contributed by atoms with E-state index in [0.717, 1.165) is 16.5 Å². The molecule has 0 fully saturated rings. The standard InChI is InChI=1S/C11H12N4S/c1-15(2)11(16)14-10-5-3-4-8-6-12-13-7-9(8)10/h3-7H,1-2H3,(H,14,16). The molecule has 4 nitrogen and oxygen atoms in total. The maximum Gasteiger partial charge on any atom is 0.172 e. The number of hydrogen-bond acceptors (Lipinski definition) is 3. The summed E-state index contributed by atoms with van der Waals surface area (Å²) in [6.07, 6.45) is 3.47. The lowest BCUT2D eigenvalue weighted by Gasteiger charge is -2.16. The fourth-order valence-corrected chi connectivity index (χ4v) is 1.47. The normalized spacial score (nSPS) is 10.1. The van der Waals surface area contributed by atoms with Gasteiger partial charge in [0.1, 0.15) is 0 Å². The number of anilines is 1. The maximum atomic E-state index is 5.20. The average molecular weight is 232 g/mol. The number of hydrogen-bond donors (Lipinski definition) is 1. The van der Waals surface area contributed by atoms with E-state index in [0.29, 0.717) is 5.11 Å². The van der Waals surface area contributed by atoms with Crippen LogP contribution in [0.25, 0.3) is 10.8 Å². The van der Waals surface area contributed by atoms with Crippen LogP contribution in [-0.2, 0) is 0 Å². The van der Waals surface area contributed by atoms with Crippen molar-refractivity contribution in [2.45, 2.75) is 0 Å². The van der Waals surface area contributed by atoms with Gasteiger partial charge in [0.2, 0.25) is 0 Å². The van der Waals surface area contributed by atoms with Crippen molar-refractivity contribution in [3.8, 4) is 0 Å². The van der Waals surface area contributed by atoms with Gasteiger partial charge >= 0.3 is 0 Å². The Hall–Kier alpha value is -1.75. The molecular formula is C11H12N4S. The second-order valence-corrected chi connectivity index (χ2v) is 4.01. The number of rotatable bonds is 1. The summed E-state index contributed by atoms with van der Waals surface area (Å²) in [5.41, 5.74) is 0.950. The molecule has 0 aliphatic rings. The smallest absolute Gasteiger partial charge is 0.172 e. The zero-order chi connectivity index (χ0) is 11.5. The van der Waals surface area contributed by atoms with E-state index in [1.165, 1.54) is 0 Å². The highest BCUT2D eigenvalue weighted by molar-refractivity contribution is 7.80. The van der Waals surface area contributed by atoms with Crippen molar-refractivity contribution in [3.05, 3.63) is 30.6 Å². The molecule has 2 aromatic rings. The molecule has 82 valence electrons. The van der Waals surface area contributed by atoms with Crippen molar-refractivity contribution in [1.82, 2.24) is 15.1 Å². The third-order valence-electron chi connectivity index (χ3n) is 2.24. The molecule has 0 aliphatic carbocycles. The highest BCUT2D eigenvalue weighted by atomic mass is 32.1. The Morgan fingerprint density at radius 3 is 2.75 bits per heavy atom. The van der Waals surface area contributed by atoms with Gasteiger partial charge in [0.05, 0.1) is 12.4 Å². The lowest BCUT2D eigenvalue weighted by molar-refractivity contribution is 0.634. The van der Waals surface area contributed by atoms with E-state index < -0.39 is 0 Å². The third kappa shape index (κ3) is 2.09. The van der Waals surface area contributed by atoms with Crippen LogP contribution in [0.15, 0.2) is 30.6 Å². The molecule has 2 rings (SSSR count).